The largest absolute Gasteiger partial charge is 0.327 e. The second-order valence-electron chi connectivity index (χ2n) is 4.32. The van der Waals surface area contributed by atoms with Crippen LogP contribution in [-0.2, 0) is 6.42 Å². The molecule has 1 atom stereocenters. The number of nitrogens with two attached hydrogens (primary N) is 1. The third-order valence-corrected chi connectivity index (χ3v) is 4.07. The average molecular weight is 222 g/mol. The highest BCUT2D eigenvalue weighted by molar-refractivity contribution is 7.11. The van der Waals surface area contributed by atoms with E-state index >= 15 is 0 Å². The summed E-state index contributed by atoms with van der Waals surface area (Å²) in [6.45, 7) is 4.22. The Hall–Kier alpha value is -0.670. The first-order valence-electron chi connectivity index (χ1n) is 5.51. The molecule has 15 heavy (non-hydrogen) atoms. The van der Waals surface area contributed by atoms with Crippen molar-refractivity contribution >= 4 is 11.3 Å². The van der Waals surface area contributed by atoms with Gasteiger partial charge in [0, 0.05) is 17.3 Å². The van der Waals surface area contributed by atoms with Gasteiger partial charge in [0.1, 0.15) is 0 Å². The maximum absolute atomic E-state index is 5.86. The number of nitrogens with zero attached hydrogens (tertiary/aromatic N) is 1. The molecule has 0 saturated heterocycles. The summed E-state index contributed by atoms with van der Waals surface area (Å²) in [5, 5.41) is 1.26. The van der Waals surface area contributed by atoms with Gasteiger partial charge in [-0.3, -0.25) is 0 Å². The van der Waals surface area contributed by atoms with E-state index in [-0.39, 0.29) is 0 Å². The topological polar surface area (TPSA) is 38.9 Å². The zero-order valence-corrected chi connectivity index (χ0v) is 10.2. The molecule has 1 unspecified atom stereocenters. The molecule has 2 nitrogen and oxygen atoms in total. The van der Waals surface area contributed by atoms with Crippen molar-refractivity contribution in [1.82, 2.24) is 4.98 Å². The minimum absolute atomic E-state index is 0.383. The first-order valence-corrected chi connectivity index (χ1v) is 6.33. The summed E-state index contributed by atoms with van der Waals surface area (Å²) in [6, 6.07) is 0.383. The Kier molecular flexibility index (Phi) is 3.22. The van der Waals surface area contributed by atoms with E-state index in [1.165, 1.54) is 21.2 Å². The second-order valence-corrected chi connectivity index (χ2v) is 5.61. The monoisotopic (exact) mass is 222 g/mol. The standard InChI is InChI=1S/C12H18N2S/c1-8-9(2)15-12(14-8)7-10-3-5-11(13)6-4-10/h3,11H,4-7,13H2,1-2H3. The van der Waals surface area contributed by atoms with E-state index in [9.17, 15) is 0 Å². The average Bonchev–Trinajstić information content (AvgIpc) is 2.50. The zero-order valence-electron chi connectivity index (χ0n) is 9.42. The van der Waals surface area contributed by atoms with Crippen molar-refractivity contribution in [2.24, 2.45) is 5.73 Å². The minimum atomic E-state index is 0.383. The fourth-order valence-electron chi connectivity index (χ4n) is 1.88. The van der Waals surface area contributed by atoms with Crippen LogP contribution in [0.4, 0.5) is 0 Å². The van der Waals surface area contributed by atoms with Gasteiger partial charge >= 0.3 is 0 Å². The quantitative estimate of drug-likeness (QED) is 0.781. The molecule has 1 aromatic heterocycles. The van der Waals surface area contributed by atoms with Gasteiger partial charge in [0.25, 0.3) is 0 Å². The summed E-state index contributed by atoms with van der Waals surface area (Å²) < 4.78 is 0. The molecule has 0 aliphatic heterocycles. The van der Waals surface area contributed by atoms with Gasteiger partial charge in [0.15, 0.2) is 0 Å². The molecule has 1 aromatic rings. The van der Waals surface area contributed by atoms with E-state index in [1.807, 2.05) is 11.3 Å². The molecule has 0 spiro atoms. The van der Waals surface area contributed by atoms with Crippen LogP contribution in [0.15, 0.2) is 11.6 Å². The zero-order chi connectivity index (χ0) is 10.8. The van der Waals surface area contributed by atoms with Crippen LogP contribution in [0.2, 0.25) is 0 Å². The number of hydrogen-bond donors (Lipinski definition) is 1. The van der Waals surface area contributed by atoms with Gasteiger partial charge in [-0.05, 0) is 33.1 Å². The number of hydrogen-bond acceptors (Lipinski definition) is 3. The maximum atomic E-state index is 5.86. The van der Waals surface area contributed by atoms with E-state index in [2.05, 4.69) is 24.9 Å². The lowest BCUT2D eigenvalue weighted by Crippen LogP contribution is -2.22. The molecular formula is C12H18N2S. The minimum Gasteiger partial charge on any atom is -0.327 e. The van der Waals surface area contributed by atoms with Crippen LogP contribution in [0.1, 0.15) is 34.8 Å². The van der Waals surface area contributed by atoms with Crippen LogP contribution < -0.4 is 5.73 Å². The molecule has 0 amide bonds. The first-order chi connectivity index (χ1) is 7.15. The molecule has 1 aliphatic rings. The van der Waals surface area contributed by atoms with Crippen molar-refractivity contribution in [3.63, 3.8) is 0 Å². The van der Waals surface area contributed by atoms with Gasteiger partial charge in [-0.25, -0.2) is 4.98 Å². The van der Waals surface area contributed by atoms with Crippen LogP contribution in [-0.4, -0.2) is 11.0 Å². The summed E-state index contributed by atoms with van der Waals surface area (Å²) in [5.41, 5.74) is 8.56. The number of rotatable bonds is 2. The van der Waals surface area contributed by atoms with Crippen molar-refractivity contribution in [2.45, 2.75) is 45.6 Å². The highest BCUT2D eigenvalue weighted by Crippen LogP contribution is 2.24. The first kappa shape index (κ1) is 10.8. The molecule has 1 heterocycles. The molecule has 3 heteroatoms. The van der Waals surface area contributed by atoms with Crippen molar-refractivity contribution in [2.75, 3.05) is 0 Å². The predicted octanol–water partition coefficient (Wildman–Crippen LogP) is 2.74. The molecule has 0 saturated carbocycles. The third kappa shape index (κ3) is 2.67. The number of allylic oxidation sites excluding steroid dienone is 1. The summed E-state index contributed by atoms with van der Waals surface area (Å²) in [4.78, 5) is 5.92. The highest BCUT2D eigenvalue weighted by Gasteiger charge is 2.12. The third-order valence-electron chi connectivity index (χ3n) is 3.00. The summed E-state index contributed by atoms with van der Waals surface area (Å²) >= 11 is 1.83. The Bertz CT molecular complexity index is 359. The Morgan fingerprint density at radius 1 is 1.53 bits per heavy atom. The lowest BCUT2D eigenvalue weighted by Gasteiger charge is -2.17. The summed E-state index contributed by atoms with van der Waals surface area (Å²) in [6.07, 6.45) is 6.67. The highest BCUT2D eigenvalue weighted by atomic mass is 32.1. The molecule has 0 bridgehead atoms. The van der Waals surface area contributed by atoms with E-state index in [1.54, 1.807) is 0 Å². The van der Waals surface area contributed by atoms with E-state index < -0.39 is 0 Å². The van der Waals surface area contributed by atoms with Gasteiger partial charge in [-0.1, -0.05) is 11.6 Å². The van der Waals surface area contributed by atoms with Crippen molar-refractivity contribution in [3.8, 4) is 0 Å². The van der Waals surface area contributed by atoms with Crippen molar-refractivity contribution in [3.05, 3.63) is 27.2 Å². The van der Waals surface area contributed by atoms with Crippen LogP contribution >= 0.6 is 11.3 Å². The van der Waals surface area contributed by atoms with Gasteiger partial charge in [-0.2, -0.15) is 0 Å². The summed E-state index contributed by atoms with van der Waals surface area (Å²) in [5.74, 6) is 0. The van der Waals surface area contributed by atoms with Crippen LogP contribution in [0.25, 0.3) is 0 Å². The van der Waals surface area contributed by atoms with E-state index in [4.69, 9.17) is 5.73 Å². The lowest BCUT2D eigenvalue weighted by molar-refractivity contribution is 0.583. The fraction of sp³-hybridized carbons (Fsp3) is 0.583. The van der Waals surface area contributed by atoms with E-state index in [0.29, 0.717) is 6.04 Å². The summed E-state index contributed by atoms with van der Waals surface area (Å²) in [7, 11) is 0. The molecule has 1 aliphatic carbocycles. The number of aryl methyl sites for hydroxylation is 2. The van der Waals surface area contributed by atoms with Crippen LogP contribution in [0.3, 0.4) is 0 Å². The fourth-order valence-corrected chi connectivity index (χ4v) is 2.87. The van der Waals surface area contributed by atoms with Gasteiger partial charge < -0.3 is 5.73 Å². The SMILES string of the molecule is Cc1nc(CC2=CCC(N)CC2)sc1C. The van der Waals surface area contributed by atoms with Gasteiger partial charge in [-0.15, -0.1) is 11.3 Å². The Morgan fingerprint density at radius 3 is 2.87 bits per heavy atom. The van der Waals surface area contributed by atoms with Crippen LogP contribution in [0.5, 0.6) is 0 Å². The molecule has 2 N–H and O–H groups in total. The Morgan fingerprint density at radius 2 is 2.33 bits per heavy atom. The molecule has 2 rings (SSSR count). The molecule has 82 valence electrons. The Labute approximate surface area is 95.2 Å². The molecular weight excluding hydrogens is 204 g/mol. The normalized spacial score (nSPS) is 21.5. The number of aromatic nitrogens is 1. The molecule has 0 aromatic carbocycles. The number of thiazole rings is 1. The Balaban J connectivity index is 2.03. The molecule has 0 fully saturated rings. The second kappa shape index (κ2) is 4.45. The van der Waals surface area contributed by atoms with Crippen molar-refractivity contribution < 1.29 is 0 Å². The maximum Gasteiger partial charge on any atom is 0.0971 e. The van der Waals surface area contributed by atoms with Gasteiger partial charge in [0.05, 0.1) is 10.7 Å². The molecule has 0 radical (unpaired) electrons. The van der Waals surface area contributed by atoms with Crippen molar-refractivity contribution in [1.29, 1.82) is 0 Å². The lowest BCUT2D eigenvalue weighted by atomic mass is 9.94. The van der Waals surface area contributed by atoms with E-state index in [0.717, 1.165) is 25.7 Å². The van der Waals surface area contributed by atoms with Crippen LogP contribution in [0, 0.1) is 13.8 Å². The van der Waals surface area contributed by atoms with Gasteiger partial charge in [0.2, 0.25) is 0 Å². The predicted molar refractivity (Wildman–Crippen MR) is 65.2 cm³/mol. The smallest absolute Gasteiger partial charge is 0.0971 e.